The van der Waals surface area contributed by atoms with Gasteiger partial charge in [-0.1, -0.05) is 63.6 Å². The van der Waals surface area contributed by atoms with Crippen LogP contribution in [0.3, 0.4) is 0 Å². The molecule has 0 bridgehead atoms. The minimum absolute atomic E-state index is 0.0473. The molecule has 0 saturated heterocycles. The van der Waals surface area contributed by atoms with Crippen LogP contribution in [0.2, 0.25) is 0 Å². The van der Waals surface area contributed by atoms with E-state index in [-0.39, 0.29) is 5.91 Å². The van der Waals surface area contributed by atoms with E-state index in [1.165, 1.54) is 0 Å². The summed E-state index contributed by atoms with van der Waals surface area (Å²) in [5.74, 6) is 0.984. The second-order valence-corrected chi connectivity index (χ2v) is 6.67. The molecule has 1 heterocycles. The van der Waals surface area contributed by atoms with Crippen molar-refractivity contribution in [1.82, 2.24) is 15.0 Å². The first-order valence-electron chi connectivity index (χ1n) is 7.98. The topological polar surface area (TPSA) is 59.2 Å². The fourth-order valence-corrected chi connectivity index (χ4v) is 2.84. The molecule has 0 aliphatic rings. The quantitative estimate of drug-likeness (QED) is 0.626. The van der Waals surface area contributed by atoms with E-state index in [0.717, 1.165) is 22.0 Å². The van der Waals surface area contributed by atoms with E-state index in [4.69, 9.17) is 4.52 Å². The van der Waals surface area contributed by atoms with Gasteiger partial charge in [-0.25, -0.2) is 0 Å². The minimum atomic E-state index is 0.0473. The maximum Gasteiger partial charge on any atom is 0.246 e. The molecule has 0 aliphatic heterocycles. The number of aryl methyl sites for hydroxylation is 1. The van der Waals surface area contributed by atoms with Crippen molar-refractivity contribution in [2.45, 2.75) is 19.4 Å². The third-order valence-corrected chi connectivity index (χ3v) is 4.31. The zero-order valence-electron chi connectivity index (χ0n) is 13.9. The zero-order chi connectivity index (χ0) is 17.6. The number of carbonyl (C=O) groups is 1. The standard InChI is InChI=1S/C19H18BrN3O2/c1-23(18(24)11-10-14-6-3-2-4-7-14)13-17-21-19(22-25-17)15-8-5-9-16(20)12-15/h2-9,12H,10-11,13H2,1H3. The van der Waals surface area contributed by atoms with Gasteiger partial charge in [0.15, 0.2) is 0 Å². The normalized spacial score (nSPS) is 10.6. The Morgan fingerprint density at radius 2 is 1.96 bits per heavy atom. The highest BCUT2D eigenvalue weighted by Gasteiger charge is 2.14. The third-order valence-electron chi connectivity index (χ3n) is 3.82. The lowest BCUT2D eigenvalue weighted by Gasteiger charge is -2.14. The van der Waals surface area contributed by atoms with E-state index >= 15 is 0 Å². The molecule has 0 radical (unpaired) electrons. The van der Waals surface area contributed by atoms with Gasteiger partial charge >= 0.3 is 0 Å². The van der Waals surface area contributed by atoms with Crippen molar-refractivity contribution in [3.05, 3.63) is 70.5 Å². The summed E-state index contributed by atoms with van der Waals surface area (Å²) < 4.78 is 6.22. The Hall–Kier alpha value is -2.47. The minimum Gasteiger partial charge on any atom is -0.337 e. The molecule has 0 unspecified atom stereocenters. The number of aromatic nitrogens is 2. The largest absolute Gasteiger partial charge is 0.337 e. The molecule has 25 heavy (non-hydrogen) atoms. The lowest BCUT2D eigenvalue weighted by atomic mass is 10.1. The molecule has 6 heteroatoms. The van der Waals surface area contributed by atoms with Crippen LogP contribution in [0.25, 0.3) is 11.4 Å². The molecule has 0 fully saturated rings. The summed E-state index contributed by atoms with van der Waals surface area (Å²) in [7, 11) is 1.75. The van der Waals surface area contributed by atoms with Crippen LogP contribution in [0.1, 0.15) is 17.9 Å². The van der Waals surface area contributed by atoms with Gasteiger partial charge < -0.3 is 9.42 Å². The van der Waals surface area contributed by atoms with Gasteiger partial charge in [-0.15, -0.1) is 0 Å². The molecule has 1 aromatic heterocycles. The van der Waals surface area contributed by atoms with Crippen molar-refractivity contribution in [1.29, 1.82) is 0 Å². The lowest BCUT2D eigenvalue weighted by Crippen LogP contribution is -2.26. The van der Waals surface area contributed by atoms with Gasteiger partial charge in [0.05, 0.1) is 6.54 Å². The Morgan fingerprint density at radius 3 is 2.72 bits per heavy atom. The molecule has 1 amide bonds. The van der Waals surface area contributed by atoms with Crippen molar-refractivity contribution in [3.8, 4) is 11.4 Å². The molecule has 0 aliphatic carbocycles. The van der Waals surface area contributed by atoms with E-state index in [1.54, 1.807) is 11.9 Å². The molecule has 128 valence electrons. The summed E-state index contributed by atoms with van der Waals surface area (Å²) in [6.45, 7) is 0.300. The van der Waals surface area contributed by atoms with Crippen LogP contribution < -0.4 is 0 Å². The van der Waals surface area contributed by atoms with E-state index in [9.17, 15) is 4.79 Å². The van der Waals surface area contributed by atoms with Crippen LogP contribution in [-0.2, 0) is 17.8 Å². The summed E-state index contributed by atoms with van der Waals surface area (Å²) in [6.07, 6.45) is 1.17. The number of benzene rings is 2. The molecule has 5 nitrogen and oxygen atoms in total. The summed E-state index contributed by atoms with van der Waals surface area (Å²) in [5.41, 5.74) is 2.02. The number of nitrogens with zero attached hydrogens (tertiary/aromatic N) is 3. The van der Waals surface area contributed by atoms with Gasteiger partial charge in [0.25, 0.3) is 0 Å². The molecular weight excluding hydrogens is 382 g/mol. The van der Waals surface area contributed by atoms with E-state index in [0.29, 0.717) is 24.7 Å². The molecular formula is C19H18BrN3O2. The zero-order valence-corrected chi connectivity index (χ0v) is 15.4. The molecule has 3 aromatic rings. The highest BCUT2D eigenvalue weighted by atomic mass is 79.9. The van der Waals surface area contributed by atoms with Crippen molar-refractivity contribution >= 4 is 21.8 Å². The average Bonchev–Trinajstić information content (AvgIpc) is 3.09. The Labute approximate surface area is 154 Å². The molecule has 0 atom stereocenters. The lowest BCUT2D eigenvalue weighted by molar-refractivity contribution is -0.130. The number of carbonyl (C=O) groups excluding carboxylic acids is 1. The SMILES string of the molecule is CN(Cc1nc(-c2cccc(Br)c2)no1)C(=O)CCc1ccccc1. The van der Waals surface area contributed by atoms with Gasteiger partial charge in [0.2, 0.25) is 17.6 Å². The van der Waals surface area contributed by atoms with E-state index < -0.39 is 0 Å². The highest BCUT2D eigenvalue weighted by Crippen LogP contribution is 2.20. The van der Waals surface area contributed by atoms with E-state index in [1.807, 2.05) is 54.6 Å². The summed E-state index contributed by atoms with van der Waals surface area (Å²) >= 11 is 3.42. The first-order chi connectivity index (χ1) is 12.1. The average molecular weight is 400 g/mol. The van der Waals surface area contributed by atoms with Crippen LogP contribution in [-0.4, -0.2) is 28.0 Å². The predicted octanol–water partition coefficient (Wildman–Crippen LogP) is 4.09. The number of rotatable bonds is 6. The van der Waals surface area contributed by atoms with Crippen LogP contribution in [0, 0.1) is 0 Å². The van der Waals surface area contributed by atoms with Crippen LogP contribution in [0.5, 0.6) is 0 Å². The Bertz CT molecular complexity index is 849. The second kappa shape index (κ2) is 8.07. The highest BCUT2D eigenvalue weighted by molar-refractivity contribution is 9.10. The molecule has 2 aromatic carbocycles. The molecule has 3 rings (SSSR count). The third kappa shape index (κ3) is 4.76. The van der Waals surface area contributed by atoms with Gasteiger partial charge in [-0.05, 0) is 24.1 Å². The van der Waals surface area contributed by atoms with Crippen molar-refractivity contribution in [2.24, 2.45) is 0 Å². The Balaban J connectivity index is 1.57. The fraction of sp³-hybridized carbons (Fsp3) is 0.211. The molecule has 0 spiro atoms. The van der Waals surface area contributed by atoms with Gasteiger partial charge in [-0.2, -0.15) is 4.98 Å². The van der Waals surface area contributed by atoms with E-state index in [2.05, 4.69) is 26.1 Å². The Kier molecular flexibility index (Phi) is 5.60. The van der Waals surface area contributed by atoms with Crippen molar-refractivity contribution in [3.63, 3.8) is 0 Å². The number of hydrogen-bond donors (Lipinski definition) is 0. The predicted molar refractivity (Wildman–Crippen MR) is 98.7 cm³/mol. The Morgan fingerprint density at radius 1 is 1.16 bits per heavy atom. The summed E-state index contributed by atoms with van der Waals surface area (Å²) in [6, 6.07) is 17.6. The maximum absolute atomic E-state index is 12.3. The van der Waals surface area contributed by atoms with Crippen LogP contribution >= 0.6 is 15.9 Å². The van der Waals surface area contributed by atoms with Crippen molar-refractivity contribution in [2.75, 3.05) is 7.05 Å². The van der Waals surface area contributed by atoms with Crippen LogP contribution in [0.15, 0.2) is 63.6 Å². The van der Waals surface area contributed by atoms with Gasteiger partial charge in [0, 0.05) is 23.5 Å². The number of amides is 1. The summed E-state index contributed by atoms with van der Waals surface area (Å²) in [5, 5.41) is 3.99. The van der Waals surface area contributed by atoms with Crippen LogP contribution in [0.4, 0.5) is 0 Å². The smallest absolute Gasteiger partial charge is 0.246 e. The maximum atomic E-state index is 12.3. The second-order valence-electron chi connectivity index (χ2n) is 5.76. The number of hydrogen-bond acceptors (Lipinski definition) is 4. The van der Waals surface area contributed by atoms with Gasteiger partial charge in [-0.3, -0.25) is 4.79 Å². The first kappa shape index (κ1) is 17.4. The number of halogens is 1. The molecule has 0 saturated carbocycles. The van der Waals surface area contributed by atoms with Crippen molar-refractivity contribution < 1.29 is 9.32 Å². The van der Waals surface area contributed by atoms with Gasteiger partial charge in [0.1, 0.15) is 0 Å². The first-order valence-corrected chi connectivity index (χ1v) is 8.77. The summed E-state index contributed by atoms with van der Waals surface area (Å²) in [4.78, 5) is 18.3. The molecule has 0 N–H and O–H groups in total. The fourth-order valence-electron chi connectivity index (χ4n) is 2.44. The monoisotopic (exact) mass is 399 g/mol.